The Morgan fingerprint density at radius 1 is 1.05 bits per heavy atom. The molecule has 2 atom stereocenters. The standard InChI is InChI=1S/C28H31N3O6.ClH/c1-18-24(27(32)36-3)26(21-11-7-12-22(15-21)31(34)35)25(19(2)29-18)28(33)37-23-13-8-14-30(17-23)16-20-9-5-4-6-10-20;/h4-7,9-12,15,23,26,29H,8,13-14,16-17H2,1-3H3;1H/t23-,26-;/m0./s1. The molecule has 4 rings (SSSR count). The van der Waals surface area contributed by atoms with E-state index < -0.39 is 22.8 Å². The fraction of sp³-hybridized carbons (Fsp3) is 0.357. The average molecular weight is 542 g/mol. The van der Waals surface area contributed by atoms with Crippen LogP contribution in [0.4, 0.5) is 5.69 Å². The molecule has 0 unspecified atom stereocenters. The molecular formula is C28H32ClN3O6. The molecule has 1 N–H and O–H groups in total. The molecule has 0 spiro atoms. The Bertz CT molecular complexity index is 1260. The number of carbonyl (C=O) groups is 2. The van der Waals surface area contributed by atoms with E-state index in [-0.39, 0.29) is 35.3 Å². The molecule has 2 aromatic carbocycles. The minimum Gasteiger partial charge on any atom is -0.466 e. The van der Waals surface area contributed by atoms with E-state index in [4.69, 9.17) is 9.47 Å². The highest BCUT2D eigenvalue weighted by atomic mass is 35.5. The molecule has 2 aliphatic heterocycles. The molecule has 202 valence electrons. The van der Waals surface area contributed by atoms with Crippen LogP contribution in [0.2, 0.25) is 0 Å². The van der Waals surface area contributed by atoms with Crippen molar-refractivity contribution in [2.45, 2.75) is 45.3 Å². The van der Waals surface area contributed by atoms with E-state index in [0.717, 1.165) is 25.9 Å². The molecule has 0 aromatic heterocycles. The van der Waals surface area contributed by atoms with Crippen LogP contribution >= 0.6 is 12.4 Å². The second-order valence-electron chi connectivity index (χ2n) is 9.37. The molecule has 38 heavy (non-hydrogen) atoms. The normalized spacial score (nSPS) is 19.8. The summed E-state index contributed by atoms with van der Waals surface area (Å²) in [6, 6.07) is 16.1. The smallest absolute Gasteiger partial charge is 0.337 e. The number of nitro benzene ring substituents is 1. The van der Waals surface area contributed by atoms with Gasteiger partial charge in [-0.05, 0) is 44.4 Å². The molecular weight excluding hydrogens is 510 g/mol. The number of allylic oxidation sites excluding steroid dienone is 2. The van der Waals surface area contributed by atoms with Gasteiger partial charge in [0.25, 0.3) is 5.69 Å². The maximum Gasteiger partial charge on any atom is 0.337 e. The minimum atomic E-state index is -0.870. The highest BCUT2D eigenvalue weighted by Crippen LogP contribution is 2.40. The van der Waals surface area contributed by atoms with Crippen molar-refractivity contribution in [2.75, 3.05) is 20.2 Å². The maximum atomic E-state index is 13.7. The number of nitrogens with zero attached hydrogens (tertiary/aromatic N) is 2. The van der Waals surface area contributed by atoms with Crippen LogP contribution < -0.4 is 5.32 Å². The van der Waals surface area contributed by atoms with Gasteiger partial charge in [-0.15, -0.1) is 12.4 Å². The zero-order valence-corrected chi connectivity index (χ0v) is 22.5. The third-order valence-corrected chi connectivity index (χ3v) is 6.78. The van der Waals surface area contributed by atoms with Crippen molar-refractivity contribution in [3.8, 4) is 0 Å². The zero-order chi connectivity index (χ0) is 26.5. The summed E-state index contributed by atoms with van der Waals surface area (Å²) in [7, 11) is 1.26. The molecule has 1 saturated heterocycles. The van der Waals surface area contributed by atoms with Gasteiger partial charge in [-0.2, -0.15) is 0 Å². The van der Waals surface area contributed by atoms with Crippen molar-refractivity contribution < 1.29 is 24.0 Å². The lowest BCUT2D eigenvalue weighted by Gasteiger charge is -2.34. The van der Waals surface area contributed by atoms with Crippen molar-refractivity contribution in [1.29, 1.82) is 0 Å². The fourth-order valence-corrected chi connectivity index (χ4v) is 5.11. The molecule has 0 radical (unpaired) electrons. The first-order valence-corrected chi connectivity index (χ1v) is 12.3. The van der Waals surface area contributed by atoms with Gasteiger partial charge in [0, 0.05) is 36.6 Å². The van der Waals surface area contributed by atoms with Crippen LogP contribution in [0.1, 0.15) is 43.7 Å². The van der Waals surface area contributed by atoms with Gasteiger partial charge >= 0.3 is 11.9 Å². The Morgan fingerprint density at radius 3 is 2.39 bits per heavy atom. The van der Waals surface area contributed by atoms with E-state index in [0.29, 0.717) is 23.5 Å². The number of piperidine rings is 1. The molecule has 2 heterocycles. The van der Waals surface area contributed by atoms with Gasteiger partial charge in [-0.3, -0.25) is 15.0 Å². The number of methoxy groups -OCH3 is 1. The SMILES string of the molecule is COC(=O)C1=C(C)NC(C)=C(C(=O)O[C@H]2CCCN(Cc3ccccc3)C2)[C@H]1c1cccc([N+](=O)[O-])c1.Cl. The lowest BCUT2D eigenvalue weighted by Crippen LogP contribution is -2.41. The monoisotopic (exact) mass is 541 g/mol. The number of benzene rings is 2. The van der Waals surface area contributed by atoms with Crippen LogP contribution in [-0.4, -0.2) is 48.1 Å². The maximum absolute atomic E-state index is 13.7. The molecule has 9 nitrogen and oxygen atoms in total. The summed E-state index contributed by atoms with van der Waals surface area (Å²) in [4.78, 5) is 39.7. The van der Waals surface area contributed by atoms with Gasteiger partial charge in [0.15, 0.2) is 0 Å². The van der Waals surface area contributed by atoms with Gasteiger partial charge in [-0.1, -0.05) is 42.5 Å². The first kappa shape index (κ1) is 28.9. The van der Waals surface area contributed by atoms with Crippen LogP contribution in [0.25, 0.3) is 0 Å². The molecule has 0 amide bonds. The summed E-state index contributed by atoms with van der Waals surface area (Å²) in [6.07, 6.45) is 1.31. The highest BCUT2D eigenvalue weighted by Gasteiger charge is 2.39. The average Bonchev–Trinajstić information content (AvgIpc) is 2.88. The van der Waals surface area contributed by atoms with Gasteiger partial charge in [0.05, 0.1) is 29.1 Å². The lowest BCUT2D eigenvalue weighted by molar-refractivity contribution is -0.384. The number of non-ortho nitro benzene ring substituents is 1. The molecule has 1 fully saturated rings. The van der Waals surface area contributed by atoms with E-state index >= 15 is 0 Å². The Labute approximate surface area is 228 Å². The quantitative estimate of drug-likeness (QED) is 0.307. The first-order valence-electron chi connectivity index (χ1n) is 12.3. The third kappa shape index (κ3) is 6.41. The van der Waals surface area contributed by atoms with Crippen molar-refractivity contribution in [3.63, 3.8) is 0 Å². The summed E-state index contributed by atoms with van der Waals surface area (Å²) in [5, 5.41) is 14.6. The number of hydrogen-bond acceptors (Lipinski definition) is 8. The number of esters is 2. The van der Waals surface area contributed by atoms with Crippen molar-refractivity contribution >= 4 is 30.0 Å². The Morgan fingerprint density at radius 2 is 1.74 bits per heavy atom. The van der Waals surface area contributed by atoms with Gasteiger partial charge < -0.3 is 14.8 Å². The zero-order valence-electron chi connectivity index (χ0n) is 21.6. The van der Waals surface area contributed by atoms with Gasteiger partial charge in [0.2, 0.25) is 0 Å². The Balaban J connectivity index is 0.00000400. The van der Waals surface area contributed by atoms with Crippen molar-refractivity contribution in [2.24, 2.45) is 0 Å². The number of likely N-dealkylation sites (tertiary alicyclic amines) is 1. The third-order valence-electron chi connectivity index (χ3n) is 6.78. The minimum absolute atomic E-state index is 0. The number of carbonyl (C=O) groups excluding carboxylic acids is 2. The van der Waals surface area contributed by atoms with Crippen LogP contribution in [0.5, 0.6) is 0 Å². The molecule has 10 heteroatoms. The summed E-state index contributed by atoms with van der Waals surface area (Å²) in [5.74, 6) is -2.04. The number of dihydropyridines is 1. The second-order valence-corrected chi connectivity index (χ2v) is 9.37. The van der Waals surface area contributed by atoms with Crippen LogP contribution in [-0.2, 0) is 25.6 Å². The number of halogens is 1. The molecule has 2 aromatic rings. The van der Waals surface area contributed by atoms with Crippen molar-refractivity contribution in [3.05, 3.63) is 98.4 Å². The molecule has 0 bridgehead atoms. The predicted octanol–water partition coefficient (Wildman–Crippen LogP) is 4.63. The van der Waals surface area contributed by atoms with Gasteiger partial charge in [0.1, 0.15) is 6.10 Å². The predicted molar refractivity (Wildman–Crippen MR) is 144 cm³/mol. The number of nitro groups is 1. The van der Waals surface area contributed by atoms with E-state index in [9.17, 15) is 19.7 Å². The van der Waals surface area contributed by atoms with Crippen LogP contribution in [0, 0.1) is 10.1 Å². The molecule has 0 aliphatic carbocycles. The first-order chi connectivity index (χ1) is 17.8. The number of ether oxygens (including phenoxy) is 2. The largest absolute Gasteiger partial charge is 0.466 e. The van der Waals surface area contributed by atoms with E-state index in [1.807, 2.05) is 18.2 Å². The van der Waals surface area contributed by atoms with E-state index in [1.54, 1.807) is 26.0 Å². The van der Waals surface area contributed by atoms with Crippen LogP contribution in [0.15, 0.2) is 77.1 Å². The van der Waals surface area contributed by atoms with Crippen LogP contribution in [0.3, 0.4) is 0 Å². The summed E-state index contributed by atoms with van der Waals surface area (Å²) >= 11 is 0. The number of nitrogens with one attached hydrogen (secondary N) is 1. The molecule has 0 saturated carbocycles. The summed E-state index contributed by atoms with van der Waals surface area (Å²) in [6.45, 7) is 5.73. The van der Waals surface area contributed by atoms with Crippen molar-refractivity contribution in [1.82, 2.24) is 10.2 Å². The number of rotatable bonds is 7. The van der Waals surface area contributed by atoms with E-state index in [1.165, 1.54) is 24.8 Å². The Kier molecular flexibility index (Phi) is 9.66. The van der Waals surface area contributed by atoms with Gasteiger partial charge in [-0.25, -0.2) is 9.59 Å². The van der Waals surface area contributed by atoms with E-state index in [2.05, 4.69) is 22.3 Å². The Hall–Kier alpha value is -3.69. The lowest BCUT2D eigenvalue weighted by atomic mass is 9.80. The second kappa shape index (κ2) is 12.7. The molecule has 2 aliphatic rings. The summed E-state index contributed by atoms with van der Waals surface area (Å²) < 4.78 is 11.0. The topological polar surface area (TPSA) is 111 Å². The fourth-order valence-electron chi connectivity index (χ4n) is 5.11. The highest BCUT2D eigenvalue weighted by molar-refractivity contribution is 6.00. The summed E-state index contributed by atoms with van der Waals surface area (Å²) in [5.41, 5.74) is 3.01. The number of hydrogen-bond donors (Lipinski definition) is 1.